The number of likely N-dealkylation sites (N-methyl/N-ethyl adjacent to an activating group) is 1. The summed E-state index contributed by atoms with van der Waals surface area (Å²) < 4.78 is 11.3. The predicted molar refractivity (Wildman–Crippen MR) is 120 cm³/mol. The molecule has 0 aromatic heterocycles. The summed E-state index contributed by atoms with van der Waals surface area (Å²) in [7, 11) is 7.58. The highest BCUT2D eigenvalue weighted by Gasteiger charge is 2.18. The zero-order valence-electron chi connectivity index (χ0n) is 17.8. The van der Waals surface area contributed by atoms with Gasteiger partial charge in [-0.25, -0.2) is 0 Å². The SMILES string of the molecule is C=CCOc1ccccc1CNC(=NC)NCC(c1ccccc1OC)N(C)C. The first-order chi connectivity index (χ1) is 14.1. The molecule has 0 spiro atoms. The molecule has 0 aliphatic rings. The molecule has 0 radical (unpaired) electrons. The molecule has 0 amide bonds. The van der Waals surface area contributed by atoms with Crippen LogP contribution in [0, 0.1) is 0 Å². The fourth-order valence-electron chi connectivity index (χ4n) is 3.04. The van der Waals surface area contributed by atoms with Gasteiger partial charge in [-0.15, -0.1) is 0 Å². The van der Waals surface area contributed by atoms with Crippen LogP contribution >= 0.6 is 0 Å². The van der Waals surface area contributed by atoms with Gasteiger partial charge in [0.05, 0.1) is 13.2 Å². The van der Waals surface area contributed by atoms with Crippen molar-refractivity contribution in [3.8, 4) is 11.5 Å². The second-order valence-electron chi connectivity index (χ2n) is 6.74. The molecule has 0 fully saturated rings. The number of nitrogens with one attached hydrogen (secondary N) is 2. The number of methoxy groups -OCH3 is 1. The van der Waals surface area contributed by atoms with Gasteiger partial charge in [-0.05, 0) is 26.2 Å². The van der Waals surface area contributed by atoms with E-state index in [1.807, 2.05) is 42.5 Å². The molecule has 0 aliphatic heterocycles. The van der Waals surface area contributed by atoms with E-state index in [0.717, 1.165) is 28.6 Å². The van der Waals surface area contributed by atoms with E-state index in [1.54, 1.807) is 20.2 Å². The zero-order valence-corrected chi connectivity index (χ0v) is 17.8. The molecule has 2 N–H and O–H groups in total. The first-order valence-electron chi connectivity index (χ1n) is 9.66. The Morgan fingerprint density at radius 2 is 1.79 bits per heavy atom. The predicted octanol–water partition coefficient (Wildman–Crippen LogP) is 3.23. The van der Waals surface area contributed by atoms with Gasteiger partial charge < -0.3 is 25.0 Å². The highest BCUT2D eigenvalue weighted by atomic mass is 16.5. The smallest absolute Gasteiger partial charge is 0.191 e. The van der Waals surface area contributed by atoms with Crippen LogP contribution in [0.15, 0.2) is 66.2 Å². The van der Waals surface area contributed by atoms with Crippen LogP contribution in [0.3, 0.4) is 0 Å². The van der Waals surface area contributed by atoms with Crippen LogP contribution in [-0.2, 0) is 6.54 Å². The van der Waals surface area contributed by atoms with Crippen molar-refractivity contribution in [1.82, 2.24) is 15.5 Å². The number of guanidine groups is 1. The van der Waals surface area contributed by atoms with Gasteiger partial charge in [0, 0.05) is 31.3 Å². The van der Waals surface area contributed by atoms with Crippen LogP contribution in [0.2, 0.25) is 0 Å². The van der Waals surface area contributed by atoms with Crippen molar-refractivity contribution < 1.29 is 9.47 Å². The molecule has 0 bridgehead atoms. The highest BCUT2D eigenvalue weighted by Crippen LogP contribution is 2.27. The van der Waals surface area contributed by atoms with Crippen molar-refractivity contribution in [2.45, 2.75) is 12.6 Å². The molecule has 0 aliphatic carbocycles. The lowest BCUT2D eigenvalue weighted by molar-refractivity contribution is 0.287. The second kappa shape index (κ2) is 11.8. The number of hydrogen-bond acceptors (Lipinski definition) is 4. The van der Waals surface area contributed by atoms with Crippen LogP contribution in [0.5, 0.6) is 11.5 Å². The quantitative estimate of drug-likeness (QED) is 0.367. The maximum atomic E-state index is 5.73. The Balaban J connectivity index is 2.02. The van der Waals surface area contributed by atoms with Crippen LogP contribution < -0.4 is 20.1 Å². The maximum Gasteiger partial charge on any atom is 0.191 e. The van der Waals surface area contributed by atoms with Crippen LogP contribution in [0.1, 0.15) is 17.2 Å². The molecular weight excluding hydrogens is 364 g/mol. The van der Waals surface area contributed by atoms with E-state index in [-0.39, 0.29) is 6.04 Å². The molecule has 2 aromatic rings. The Morgan fingerprint density at radius 3 is 2.45 bits per heavy atom. The number of hydrogen-bond donors (Lipinski definition) is 2. The maximum absolute atomic E-state index is 5.73. The molecule has 6 nitrogen and oxygen atoms in total. The topological polar surface area (TPSA) is 58.1 Å². The summed E-state index contributed by atoms with van der Waals surface area (Å²) in [5.74, 6) is 2.45. The van der Waals surface area contributed by atoms with Crippen LogP contribution in [0.25, 0.3) is 0 Å². The summed E-state index contributed by atoms with van der Waals surface area (Å²) >= 11 is 0. The third kappa shape index (κ3) is 6.54. The van der Waals surface area contributed by atoms with Gasteiger partial charge in [0.25, 0.3) is 0 Å². The lowest BCUT2D eigenvalue weighted by Crippen LogP contribution is -2.41. The molecule has 1 atom stereocenters. The van der Waals surface area contributed by atoms with E-state index >= 15 is 0 Å². The van der Waals surface area contributed by atoms with Crippen molar-refractivity contribution in [2.75, 3.05) is 41.4 Å². The molecule has 156 valence electrons. The van der Waals surface area contributed by atoms with Gasteiger partial charge in [0.2, 0.25) is 0 Å². The summed E-state index contributed by atoms with van der Waals surface area (Å²) in [6, 6.07) is 16.2. The van der Waals surface area contributed by atoms with E-state index in [4.69, 9.17) is 9.47 Å². The lowest BCUT2D eigenvalue weighted by atomic mass is 10.0. The minimum atomic E-state index is 0.132. The van der Waals surface area contributed by atoms with E-state index in [9.17, 15) is 0 Å². The largest absolute Gasteiger partial charge is 0.496 e. The van der Waals surface area contributed by atoms with Gasteiger partial charge in [-0.2, -0.15) is 0 Å². The number of nitrogens with zero attached hydrogens (tertiary/aromatic N) is 2. The summed E-state index contributed by atoms with van der Waals surface area (Å²) in [5, 5.41) is 6.78. The Hall–Kier alpha value is -2.99. The standard InChI is InChI=1S/C23H32N4O2/c1-6-15-29-21-13-9-7-11-18(21)16-25-23(24-2)26-17-20(27(3)4)19-12-8-10-14-22(19)28-5/h6-14,20H,1,15-17H2,2-5H3,(H2,24,25,26). The number of para-hydroxylation sites is 2. The Morgan fingerprint density at radius 1 is 1.10 bits per heavy atom. The van der Waals surface area contributed by atoms with Gasteiger partial charge in [-0.3, -0.25) is 4.99 Å². The summed E-state index contributed by atoms with van der Waals surface area (Å²) in [4.78, 5) is 6.51. The van der Waals surface area contributed by atoms with Crippen molar-refractivity contribution in [3.05, 3.63) is 72.3 Å². The minimum Gasteiger partial charge on any atom is -0.496 e. The van der Waals surface area contributed by atoms with Gasteiger partial charge >= 0.3 is 0 Å². The van der Waals surface area contributed by atoms with Crippen LogP contribution in [-0.4, -0.2) is 52.3 Å². The van der Waals surface area contributed by atoms with Crippen molar-refractivity contribution >= 4 is 5.96 Å². The summed E-state index contributed by atoms with van der Waals surface area (Å²) in [5.41, 5.74) is 2.19. The molecule has 2 rings (SSSR count). The normalized spacial score (nSPS) is 12.4. The lowest BCUT2D eigenvalue weighted by Gasteiger charge is -2.27. The molecule has 2 aromatic carbocycles. The van der Waals surface area contributed by atoms with E-state index < -0.39 is 0 Å². The first-order valence-corrected chi connectivity index (χ1v) is 9.66. The molecule has 0 saturated heterocycles. The average molecular weight is 397 g/mol. The van der Waals surface area contributed by atoms with Crippen molar-refractivity contribution in [1.29, 1.82) is 0 Å². The first kappa shape index (κ1) is 22.3. The molecule has 29 heavy (non-hydrogen) atoms. The van der Waals surface area contributed by atoms with Crippen LogP contribution in [0.4, 0.5) is 0 Å². The van der Waals surface area contributed by atoms with E-state index in [0.29, 0.717) is 19.7 Å². The number of rotatable bonds is 10. The molecule has 0 heterocycles. The zero-order chi connectivity index (χ0) is 21.1. The minimum absolute atomic E-state index is 0.132. The van der Waals surface area contributed by atoms with E-state index in [1.165, 1.54) is 0 Å². The molecular formula is C23H32N4O2. The van der Waals surface area contributed by atoms with Gasteiger partial charge in [-0.1, -0.05) is 49.1 Å². The summed E-state index contributed by atoms with van der Waals surface area (Å²) in [6.07, 6.45) is 1.74. The third-order valence-corrected chi connectivity index (χ3v) is 4.58. The Bertz CT molecular complexity index is 805. The fraction of sp³-hybridized carbons (Fsp3) is 0.348. The Labute approximate surface area is 174 Å². The molecule has 6 heteroatoms. The average Bonchev–Trinajstić information content (AvgIpc) is 2.75. The van der Waals surface area contributed by atoms with Gasteiger partial charge in [0.15, 0.2) is 5.96 Å². The van der Waals surface area contributed by atoms with E-state index in [2.05, 4.69) is 47.3 Å². The molecule has 1 unspecified atom stereocenters. The number of benzene rings is 2. The summed E-state index contributed by atoms with van der Waals surface area (Å²) in [6.45, 7) is 5.47. The number of aliphatic imine (C=N–C) groups is 1. The molecule has 0 saturated carbocycles. The number of ether oxygens (including phenoxy) is 2. The fourth-order valence-corrected chi connectivity index (χ4v) is 3.04. The second-order valence-corrected chi connectivity index (χ2v) is 6.74. The Kier molecular flexibility index (Phi) is 9.05. The highest BCUT2D eigenvalue weighted by molar-refractivity contribution is 5.79. The van der Waals surface area contributed by atoms with Crippen molar-refractivity contribution in [2.24, 2.45) is 4.99 Å². The monoisotopic (exact) mass is 396 g/mol. The van der Waals surface area contributed by atoms with Crippen molar-refractivity contribution in [3.63, 3.8) is 0 Å². The van der Waals surface area contributed by atoms with Gasteiger partial charge in [0.1, 0.15) is 18.1 Å². The third-order valence-electron chi connectivity index (χ3n) is 4.58.